The van der Waals surface area contributed by atoms with Crippen molar-refractivity contribution in [2.24, 2.45) is 0 Å². The summed E-state index contributed by atoms with van der Waals surface area (Å²) in [7, 11) is 2.01. The van der Waals surface area contributed by atoms with Crippen LogP contribution < -0.4 is 5.32 Å². The molecule has 1 aromatic carbocycles. The Morgan fingerprint density at radius 3 is 2.64 bits per heavy atom. The molecule has 1 atom stereocenters. The molecule has 0 aliphatic carbocycles. The molecule has 0 heterocycles. The molecule has 0 spiro atoms. The zero-order valence-corrected chi connectivity index (χ0v) is 9.72. The molecule has 0 aromatic heterocycles. The van der Waals surface area contributed by atoms with Crippen molar-refractivity contribution in [1.29, 1.82) is 0 Å². The zero-order valence-electron chi connectivity index (χ0n) is 9.72. The van der Waals surface area contributed by atoms with Gasteiger partial charge in [-0.2, -0.15) is 0 Å². The summed E-state index contributed by atoms with van der Waals surface area (Å²) in [6.45, 7) is 6.61. The number of benzene rings is 1. The van der Waals surface area contributed by atoms with E-state index in [9.17, 15) is 0 Å². The summed E-state index contributed by atoms with van der Waals surface area (Å²) in [5.41, 5.74) is 4.33. The van der Waals surface area contributed by atoms with Crippen LogP contribution >= 0.6 is 0 Å². The van der Waals surface area contributed by atoms with Crippen molar-refractivity contribution in [2.75, 3.05) is 7.05 Å². The first-order chi connectivity index (χ1) is 6.67. The maximum Gasteiger partial charge on any atom is 0.00761 e. The Kier molecular flexibility index (Phi) is 4.15. The number of aryl methyl sites for hydroxylation is 2. The summed E-state index contributed by atoms with van der Waals surface area (Å²) in [6.07, 6.45) is 2.25. The molecule has 1 aromatic rings. The van der Waals surface area contributed by atoms with Gasteiger partial charge in [-0.1, -0.05) is 25.1 Å². The molecule has 1 unspecified atom stereocenters. The van der Waals surface area contributed by atoms with Gasteiger partial charge in [0.1, 0.15) is 0 Å². The van der Waals surface area contributed by atoms with Gasteiger partial charge < -0.3 is 5.32 Å². The zero-order chi connectivity index (χ0) is 10.6. The topological polar surface area (TPSA) is 12.0 Å². The van der Waals surface area contributed by atoms with E-state index in [4.69, 9.17) is 0 Å². The van der Waals surface area contributed by atoms with Crippen molar-refractivity contribution < 1.29 is 0 Å². The Labute approximate surface area is 87.5 Å². The molecular weight excluding hydrogens is 170 g/mol. The Hall–Kier alpha value is -0.820. The quantitative estimate of drug-likeness (QED) is 0.771. The molecule has 0 amide bonds. The smallest absolute Gasteiger partial charge is 0.00761 e. The lowest BCUT2D eigenvalue weighted by atomic mass is 9.99. The highest BCUT2D eigenvalue weighted by Crippen LogP contribution is 2.13. The molecule has 1 N–H and O–H groups in total. The molecule has 14 heavy (non-hydrogen) atoms. The van der Waals surface area contributed by atoms with Crippen LogP contribution in [-0.2, 0) is 12.8 Å². The monoisotopic (exact) mass is 191 g/mol. The van der Waals surface area contributed by atoms with Gasteiger partial charge in [0.25, 0.3) is 0 Å². The summed E-state index contributed by atoms with van der Waals surface area (Å²) >= 11 is 0. The molecule has 1 nitrogen and oxygen atoms in total. The van der Waals surface area contributed by atoms with Crippen LogP contribution in [0.3, 0.4) is 0 Å². The first kappa shape index (κ1) is 11.3. The van der Waals surface area contributed by atoms with Gasteiger partial charge in [0.05, 0.1) is 0 Å². The minimum atomic E-state index is 0.558. The summed E-state index contributed by atoms with van der Waals surface area (Å²) < 4.78 is 0. The highest BCUT2D eigenvalue weighted by molar-refractivity contribution is 5.31. The van der Waals surface area contributed by atoms with E-state index in [1.807, 2.05) is 7.05 Å². The molecule has 0 saturated heterocycles. The summed E-state index contributed by atoms with van der Waals surface area (Å²) in [5, 5.41) is 3.27. The van der Waals surface area contributed by atoms with E-state index in [1.165, 1.54) is 16.7 Å². The first-order valence-corrected chi connectivity index (χ1v) is 5.43. The number of nitrogens with one attached hydrogen (secondary N) is 1. The van der Waals surface area contributed by atoms with Crippen molar-refractivity contribution in [2.45, 2.75) is 39.7 Å². The lowest BCUT2D eigenvalue weighted by Crippen LogP contribution is -2.23. The number of rotatable bonds is 4. The minimum Gasteiger partial charge on any atom is -0.317 e. The van der Waals surface area contributed by atoms with Crippen LogP contribution in [0.15, 0.2) is 18.2 Å². The molecule has 0 radical (unpaired) electrons. The Bertz CT molecular complexity index is 291. The molecular formula is C13H21N. The maximum atomic E-state index is 3.27. The van der Waals surface area contributed by atoms with Gasteiger partial charge in [-0.25, -0.2) is 0 Å². The molecule has 0 bridgehead atoms. The molecule has 1 heteroatoms. The van der Waals surface area contributed by atoms with E-state index in [2.05, 4.69) is 44.3 Å². The van der Waals surface area contributed by atoms with Crippen molar-refractivity contribution in [3.63, 3.8) is 0 Å². The Balaban J connectivity index is 2.79. The van der Waals surface area contributed by atoms with Gasteiger partial charge >= 0.3 is 0 Å². The first-order valence-electron chi connectivity index (χ1n) is 5.43. The van der Waals surface area contributed by atoms with E-state index in [0.717, 1.165) is 12.8 Å². The molecule has 78 valence electrons. The number of hydrogen-bond donors (Lipinski definition) is 1. The van der Waals surface area contributed by atoms with E-state index < -0.39 is 0 Å². The fraction of sp³-hybridized carbons (Fsp3) is 0.538. The second-order valence-electron chi connectivity index (χ2n) is 4.01. The van der Waals surface area contributed by atoms with E-state index in [-0.39, 0.29) is 0 Å². The third-order valence-electron chi connectivity index (χ3n) is 2.83. The van der Waals surface area contributed by atoms with Crippen LogP contribution in [0.5, 0.6) is 0 Å². The van der Waals surface area contributed by atoms with Crippen molar-refractivity contribution in [3.05, 3.63) is 34.9 Å². The average Bonchev–Trinajstić information content (AvgIpc) is 2.20. The Morgan fingerprint density at radius 1 is 1.36 bits per heavy atom. The summed E-state index contributed by atoms with van der Waals surface area (Å²) in [6, 6.07) is 7.37. The number of hydrogen-bond acceptors (Lipinski definition) is 1. The maximum absolute atomic E-state index is 3.27. The fourth-order valence-corrected chi connectivity index (χ4v) is 1.69. The summed E-state index contributed by atoms with van der Waals surface area (Å²) in [5.74, 6) is 0. The van der Waals surface area contributed by atoms with Gasteiger partial charge in [-0.15, -0.1) is 0 Å². The van der Waals surface area contributed by atoms with E-state index >= 15 is 0 Å². The van der Waals surface area contributed by atoms with Crippen molar-refractivity contribution in [3.8, 4) is 0 Å². The van der Waals surface area contributed by atoms with Crippen LogP contribution in [0, 0.1) is 6.92 Å². The minimum absolute atomic E-state index is 0.558. The predicted octanol–water partition coefficient (Wildman–Crippen LogP) is 2.71. The van der Waals surface area contributed by atoms with Crippen molar-refractivity contribution in [1.82, 2.24) is 5.32 Å². The third-order valence-corrected chi connectivity index (χ3v) is 2.83. The lowest BCUT2D eigenvalue weighted by molar-refractivity contribution is 0.608. The van der Waals surface area contributed by atoms with Gasteiger partial charge in [0.2, 0.25) is 0 Å². The van der Waals surface area contributed by atoms with E-state index in [1.54, 1.807) is 0 Å². The molecule has 0 fully saturated rings. The standard InChI is InChI=1S/C13H21N/c1-5-13-9-12(7-6-10(13)2)8-11(3)14-4/h6-7,9,11,14H,5,8H2,1-4H3. The SMILES string of the molecule is CCc1cc(CC(C)NC)ccc1C. The highest BCUT2D eigenvalue weighted by Gasteiger charge is 2.02. The van der Waals surface area contributed by atoms with Crippen LogP contribution in [0.1, 0.15) is 30.5 Å². The van der Waals surface area contributed by atoms with Crippen LogP contribution in [0.4, 0.5) is 0 Å². The van der Waals surface area contributed by atoms with Gasteiger partial charge in [0.15, 0.2) is 0 Å². The second-order valence-corrected chi connectivity index (χ2v) is 4.01. The highest BCUT2D eigenvalue weighted by atomic mass is 14.8. The molecule has 0 aliphatic rings. The van der Waals surface area contributed by atoms with Crippen LogP contribution in [0.2, 0.25) is 0 Å². The van der Waals surface area contributed by atoms with E-state index in [0.29, 0.717) is 6.04 Å². The Morgan fingerprint density at radius 2 is 2.07 bits per heavy atom. The summed E-state index contributed by atoms with van der Waals surface area (Å²) in [4.78, 5) is 0. The fourth-order valence-electron chi connectivity index (χ4n) is 1.69. The van der Waals surface area contributed by atoms with Crippen molar-refractivity contribution >= 4 is 0 Å². The van der Waals surface area contributed by atoms with Gasteiger partial charge in [0, 0.05) is 6.04 Å². The van der Waals surface area contributed by atoms with Crippen LogP contribution in [0.25, 0.3) is 0 Å². The predicted molar refractivity (Wildman–Crippen MR) is 62.8 cm³/mol. The van der Waals surface area contributed by atoms with Crippen LogP contribution in [-0.4, -0.2) is 13.1 Å². The van der Waals surface area contributed by atoms with Gasteiger partial charge in [-0.05, 0) is 50.4 Å². The molecule has 0 aliphatic heterocycles. The molecule has 1 rings (SSSR count). The largest absolute Gasteiger partial charge is 0.317 e. The lowest BCUT2D eigenvalue weighted by Gasteiger charge is -2.12. The third kappa shape index (κ3) is 2.85. The molecule has 0 saturated carbocycles. The average molecular weight is 191 g/mol. The van der Waals surface area contributed by atoms with Gasteiger partial charge in [-0.3, -0.25) is 0 Å². The number of likely N-dealkylation sites (N-methyl/N-ethyl adjacent to an activating group) is 1. The normalized spacial score (nSPS) is 12.9. The second kappa shape index (κ2) is 5.16.